The van der Waals surface area contributed by atoms with Crippen molar-refractivity contribution in [2.75, 3.05) is 0 Å². The summed E-state index contributed by atoms with van der Waals surface area (Å²) in [5.74, 6) is 0.215. The Kier molecular flexibility index (Phi) is 6.70. The number of nitrogens with zero attached hydrogens (tertiary/aromatic N) is 3. The molecule has 11 heteroatoms. The first-order valence-corrected chi connectivity index (χ1v) is 11.9. The molecule has 0 aliphatic rings. The van der Waals surface area contributed by atoms with E-state index in [4.69, 9.17) is 0 Å². The molecule has 3 aromatic carbocycles. The van der Waals surface area contributed by atoms with E-state index in [2.05, 4.69) is 9.97 Å². The van der Waals surface area contributed by atoms with Gasteiger partial charge in [0, 0.05) is 29.9 Å². The zero-order valence-electron chi connectivity index (χ0n) is 20.4. The summed E-state index contributed by atoms with van der Waals surface area (Å²) in [6, 6.07) is 20.4. The van der Waals surface area contributed by atoms with Gasteiger partial charge in [-0.2, -0.15) is 26.3 Å². The van der Waals surface area contributed by atoms with Gasteiger partial charge in [-0.25, -0.2) is 4.98 Å². The van der Waals surface area contributed by atoms with Crippen molar-refractivity contribution in [2.45, 2.75) is 24.4 Å². The maximum atomic E-state index is 13.8. The molecule has 2 heterocycles. The highest BCUT2D eigenvalue weighted by Crippen LogP contribution is 2.50. The number of aromatic nitrogens is 3. The summed E-state index contributed by atoms with van der Waals surface area (Å²) in [6.45, 7) is 0. The number of halogens is 6. The Hall–Kier alpha value is -4.51. The number of alkyl halides is 6. The van der Waals surface area contributed by atoms with Gasteiger partial charge >= 0.3 is 12.4 Å². The van der Waals surface area contributed by atoms with Crippen molar-refractivity contribution >= 4 is 10.9 Å². The predicted molar refractivity (Wildman–Crippen MR) is 136 cm³/mol. The highest BCUT2D eigenvalue weighted by atomic mass is 19.4. The quantitative estimate of drug-likeness (QED) is 0.257. The fourth-order valence-electron chi connectivity index (χ4n) is 4.45. The topological polar surface area (TPSA) is 68.0 Å². The molecule has 0 saturated heterocycles. The van der Waals surface area contributed by atoms with Crippen LogP contribution in [0, 0.1) is 0 Å². The van der Waals surface area contributed by atoms with Crippen molar-refractivity contribution in [3.8, 4) is 16.8 Å². The summed E-state index contributed by atoms with van der Waals surface area (Å²) >= 11 is 0. The van der Waals surface area contributed by atoms with Gasteiger partial charge in [0.2, 0.25) is 0 Å². The summed E-state index contributed by atoms with van der Waals surface area (Å²) in [4.78, 5) is 22.5. The third-order valence-electron chi connectivity index (χ3n) is 6.50. The van der Waals surface area contributed by atoms with E-state index in [1.54, 1.807) is 73.1 Å². The predicted octanol–water partition coefficient (Wildman–Crippen LogP) is 6.35. The summed E-state index contributed by atoms with van der Waals surface area (Å²) in [5.41, 5.74) is -4.58. The molecule has 5 aromatic rings. The zero-order chi connectivity index (χ0) is 28.7. The molecule has 0 saturated carbocycles. The maximum absolute atomic E-state index is 13.8. The Bertz CT molecular complexity index is 1700. The maximum Gasteiger partial charge on any atom is 0.430 e. The van der Waals surface area contributed by atoms with Gasteiger partial charge in [-0.15, -0.1) is 0 Å². The molecule has 0 spiro atoms. The van der Waals surface area contributed by atoms with E-state index in [0.29, 0.717) is 23.2 Å². The van der Waals surface area contributed by atoms with Gasteiger partial charge in [-0.3, -0.25) is 14.3 Å². The van der Waals surface area contributed by atoms with Gasteiger partial charge in [0.15, 0.2) is 0 Å². The Morgan fingerprint density at radius 2 is 1.45 bits per heavy atom. The minimum atomic E-state index is -6.03. The summed E-state index contributed by atoms with van der Waals surface area (Å²) < 4.78 is 81.5. The molecule has 2 aromatic heterocycles. The minimum Gasteiger partial charge on any atom is -0.369 e. The van der Waals surface area contributed by atoms with Crippen molar-refractivity contribution in [3.05, 3.63) is 125 Å². The Morgan fingerprint density at radius 3 is 2.05 bits per heavy atom. The first-order chi connectivity index (χ1) is 18.9. The molecule has 0 bridgehead atoms. The standard InChI is InChI=1S/C29H19F6N3O2/c30-28(31,32)27(40,29(33,34)35)21-9-11-22(12-10-21)38-25(15-18-5-2-1-3-6-18)37-24-13-8-19(16-23(24)26(38)39)20-7-4-14-36-17-20/h1-14,16-17,40H,15H2. The van der Waals surface area contributed by atoms with Gasteiger partial charge in [-0.05, 0) is 41.5 Å². The number of aliphatic hydroxyl groups is 1. The van der Waals surface area contributed by atoms with Crippen LogP contribution in [0.25, 0.3) is 27.7 Å². The van der Waals surface area contributed by atoms with Crippen molar-refractivity contribution in [1.29, 1.82) is 0 Å². The van der Waals surface area contributed by atoms with Crippen LogP contribution in [0.2, 0.25) is 0 Å². The fourth-order valence-corrected chi connectivity index (χ4v) is 4.45. The van der Waals surface area contributed by atoms with Crippen LogP contribution in [0.1, 0.15) is 17.0 Å². The average molecular weight is 555 g/mol. The monoisotopic (exact) mass is 555 g/mol. The molecule has 40 heavy (non-hydrogen) atoms. The Morgan fingerprint density at radius 1 is 0.775 bits per heavy atom. The SMILES string of the molecule is O=c1c2cc(-c3cccnc3)ccc2nc(Cc2ccccc2)n1-c1ccc(C(O)(C(F)(F)F)C(F)(F)F)cc1. The molecule has 1 N–H and O–H groups in total. The van der Waals surface area contributed by atoms with E-state index in [1.807, 2.05) is 0 Å². The van der Waals surface area contributed by atoms with Gasteiger partial charge in [-0.1, -0.05) is 54.6 Å². The van der Waals surface area contributed by atoms with Crippen molar-refractivity contribution < 1.29 is 31.4 Å². The van der Waals surface area contributed by atoms with Crippen LogP contribution in [0.4, 0.5) is 26.3 Å². The molecule has 0 aliphatic carbocycles. The smallest absolute Gasteiger partial charge is 0.369 e. The van der Waals surface area contributed by atoms with Gasteiger partial charge < -0.3 is 5.11 Å². The van der Waals surface area contributed by atoms with Crippen molar-refractivity contribution in [2.24, 2.45) is 0 Å². The van der Waals surface area contributed by atoms with E-state index in [0.717, 1.165) is 27.8 Å². The summed E-state index contributed by atoms with van der Waals surface area (Å²) in [7, 11) is 0. The van der Waals surface area contributed by atoms with Crippen LogP contribution < -0.4 is 5.56 Å². The average Bonchev–Trinajstić information content (AvgIpc) is 2.93. The lowest BCUT2D eigenvalue weighted by Crippen LogP contribution is -2.53. The second kappa shape index (κ2) is 9.91. The van der Waals surface area contributed by atoms with Crippen LogP contribution in [-0.4, -0.2) is 32.0 Å². The second-order valence-corrected chi connectivity index (χ2v) is 9.06. The number of fused-ring (bicyclic) bond motifs is 1. The molecule has 5 rings (SSSR count). The highest BCUT2D eigenvalue weighted by Gasteiger charge is 2.71. The molecule has 0 aliphatic heterocycles. The first-order valence-electron chi connectivity index (χ1n) is 11.9. The van der Waals surface area contributed by atoms with E-state index in [9.17, 15) is 36.2 Å². The molecule has 0 fully saturated rings. The molecular weight excluding hydrogens is 536 g/mol. The van der Waals surface area contributed by atoms with Crippen LogP contribution in [0.15, 0.2) is 102 Å². The van der Waals surface area contributed by atoms with Crippen LogP contribution in [0.3, 0.4) is 0 Å². The molecular formula is C29H19F6N3O2. The number of hydrogen-bond donors (Lipinski definition) is 1. The Balaban J connectivity index is 1.70. The number of benzene rings is 3. The molecule has 5 nitrogen and oxygen atoms in total. The lowest BCUT2D eigenvalue weighted by Gasteiger charge is -2.32. The molecule has 204 valence electrons. The number of pyridine rings is 1. The fraction of sp³-hybridized carbons (Fsp3) is 0.138. The van der Waals surface area contributed by atoms with Crippen molar-refractivity contribution in [3.63, 3.8) is 0 Å². The summed E-state index contributed by atoms with van der Waals surface area (Å²) in [6.07, 6.45) is -8.72. The van der Waals surface area contributed by atoms with E-state index >= 15 is 0 Å². The lowest BCUT2D eigenvalue weighted by atomic mass is 9.92. The molecule has 0 amide bonds. The lowest BCUT2D eigenvalue weighted by molar-refractivity contribution is -0.376. The summed E-state index contributed by atoms with van der Waals surface area (Å²) in [5, 5.41) is 9.95. The minimum absolute atomic E-state index is 0.0208. The zero-order valence-corrected chi connectivity index (χ0v) is 20.4. The molecule has 0 unspecified atom stereocenters. The van der Waals surface area contributed by atoms with Crippen LogP contribution in [-0.2, 0) is 12.0 Å². The van der Waals surface area contributed by atoms with Crippen LogP contribution >= 0.6 is 0 Å². The Labute approximate surface area is 223 Å². The van der Waals surface area contributed by atoms with E-state index < -0.39 is 29.1 Å². The molecule has 0 radical (unpaired) electrons. The normalized spacial score (nSPS) is 12.6. The largest absolute Gasteiger partial charge is 0.430 e. The third-order valence-corrected chi connectivity index (χ3v) is 6.50. The van der Waals surface area contributed by atoms with E-state index in [-0.39, 0.29) is 23.3 Å². The second-order valence-electron chi connectivity index (χ2n) is 9.06. The van der Waals surface area contributed by atoms with Gasteiger partial charge in [0.1, 0.15) is 5.82 Å². The first kappa shape index (κ1) is 27.1. The van der Waals surface area contributed by atoms with Gasteiger partial charge in [0.05, 0.1) is 16.6 Å². The number of rotatable bonds is 5. The highest BCUT2D eigenvalue weighted by molar-refractivity contribution is 5.84. The molecule has 0 atom stereocenters. The van der Waals surface area contributed by atoms with Crippen molar-refractivity contribution in [1.82, 2.24) is 14.5 Å². The third kappa shape index (κ3) is 4.73. The van der Waals surface area contributed by atoms with E-state index in [1.165, 1.54) is 0 Å². The number of hydrogen-bond acceptors (Lipinski definition) is 4. The van der Waals surface area contributed by atoms with Gasteiger partial charge in [0.25, 0.3) is 11.2 Å². The van der Waals surface area contributed by atoms with Crippen LogP contribution in [0.5, 0.6) is 0 Å².